The van der Waals surface area contributed by atoms with E-state index in [0.717, 1.165) is 0 Å². The second-order valence-electron chi connectivity index (χ2n) is 4.06. The molecule has 104 valence electrons. The van der Waals surface area contributed by atoms with E-state index in [9.17, 15) is 9.00 Å². The topological polar surface area (TPSA) is 54.4 Å². The van der Waals surface area contributed by atoms with Crippen LogP contribution in [0.25, 0.3) is 0 Å². The van der Waals surface area contributed by atoms with Crippen molar-refractivity contribution in [1.82, 2.24) is 0 Å². The highest BCUT2D eigenvalue weighted by molar-refractivity contribution is 7.84. The standard InChI is InChI=1S/C14H10Cl2O3S/c15-11-4-5-13(16)10(6-11)8-20(19)12-3-1-2-9(7-12)14(17)18/h1-7H,8H2,(H,17,18). The van der Waals surface area contributed by atoms with Gasteiger partial charge in [-0.2, -0.15) is 0 Å². The number of carbonyl (C=O) groups is 1. The van der Waals surface area contributed by atoms with Crippen molar-refractivity contribution in [1.29, 1.82) is 0 Å². The summed E-state index contributed by atoms with van der Waals surface area (Å²) >= 11 is 11.9. The van der Waals surface area contributed by atoms with Crippen molar-refractivity contribution in [3.63, 3.8) is 0 Å². The smallest absolute Gasteiger partial charge is 0.335 e. The lowest BCUT2D eigenvalue weighted by Crippen LogP contribution is -2.01. The molecule has 0 saturated heterocycles. The van der Waals surface area contributed by atoms with E-state index in [1.165, 1.54) is 12.1 Å². The summed E-state index contributed by atoms with van der Waals surface area (Å²) in [6.07, 6.45) is 0. The predicted molar refractivity (Wildman–Crippen MR) is 80.0 cm³/mol. The van der Waals surface area contributed by atoms with Gasteiger partial charge in [0.1, 0.15) is 0 Å². The lowest BCUT2D eigenvalue weighted by atomic mass is 10.2. The minimum absolute atomic E-state index is 0.105. The van der Waals surface area contributed by atoms with Gasteiger partial charge in [-0.15, -0.1) is 0 Å². The van der Waals surface area contributed by atoms with Gasteiger partial charge in [0, 0.05) is 14.9 Å². The average molecular weight is 329 g/mol. The van der Waals surface area contributed by atoms with E-state index in [4.69, 9.17) is 28.3 Å². The van der Waals surface area contributed by atoms with Crippen molar-refractivity contribution in [2.75, 3.05) is 0 Å². The fourth-order valence-electron chi connectivity index (χ4n) is 1.65. The molecule has 0 fully saturated rings. The number of benzene rings is 2. The van der Waals surface area contributed by atoms with Crippen LogP contribution in [0.2, 0.25) is 10.0 Å². The average Bonchev–Trinajstić information content (AvgIpc) is 2.43. The monoisotopic (exact) mass is 328 g/mol. The van der Waals surface area contributed by atoms with Crippen LogP contribution in [-0.4, -0.2) is 15.3 Å². The number of carboxylic acid groups (broad SMARTS) is 1. The van der Waals surface area contributed by atoms with Gasteiger partial charge in [-0.25, -0.2) is 4.79 Å². The number of carboxylic acids is 1. The Kier molecular flexibility index (Phi) is 4.81. The van der Waals surface area contributed by atoms with Crippen LogP contribution < -0.4 is 0 Å². The molecule has 0 aliphatic carbocycles. The van der Waals surface area contributed by atoms with E-state index in [2.05, 4.69) is 0 Å². The van der Waals surface area contributed by atoms with E-state index < -0.39 is 16.8 Å². The molecule has 0 aliphatic heterocycles. The second-order valence-corrected chi connectivity index (χ2v) is 6.35. The molecule has 2 rings (SSSR count). The minimum atomic E-state index is -1.39. The summed E-state index contributed by atoms with van der Waals surface area (Å²) in [7, 11) is -1.39. The molecule has 0 aliphatic rings. The predicted octanol–water partition coefficient (Wildman–Crippen LogP) is 4.00. The molecule has 0 saturated carbocycles. The molecule has 1 unspecified atom stereocenters. The molecular formula is C14H10Cl2O3S. The number of hydrogen-bond donors (Lipinski definition) is 1. The summed E-state index contributed by atoms with van der Waals surface area (Å²) in [5.41, 5.74) is 0.770. The van der Waals surface area contributed by atoms with Crippen LogP contribution in [-0.2, 0) is 16.6 Å². The van der Waals surface area contributed by atoms with Gasteiger partial charge < -0.3 is 5.11 Å². The summed E-state index contributed by atoms with van der Waals surface area (Å²) in [4.78, 5) is 11.3. The maximum absolute atomic E-state index is 12.3. The van der Waals surface area contributed by atoms with Crippen molar-refractivity contribution >= 4 is 40.0 Å². The Bertz CT molecular complexity index is 686. The quantitative estimate of drug-likeness (QED) is 0.922. The summed E-state index contributed by atoms with van der Waals surface area (Å²) in [5.74, 6) is -0.868. The maximum atomic E-state index is 12.3. The lowest BCUT2D eigenvalue weighted by Gasteiger charge is -2.06. The van der Waals surface area contributed by atoms with E-state index in [-0.39, 0.29) is 11.3 Å². The molecule has 2 aromatic rings. The molecule has 3 nitrogen and oxygen atoms in total. The van der Waals surface area contributed by atoms with Crippen LogP contribution in [0.4, 0.5) is 0 Å². The number of aromatic carboxylic acids is 1. The van der Waals surface area contributed by atoms with Gasteiger partial charge in [0.25, 0.3) is 0 Å². The Morgan fingerprint density at radius 3 is 2.60 bits per heavy atom. The van der Waals surface area contributed by atoms with Crippen LogP contribution in [0.1, 0.15) is 15.9 Å². The van der Waals surface area contributed by atoms with Crippen LogP contribution >= 0.6 is 23.2 Å². The van der Waals surface area contributed by atoms with E-state index in [1.807, 2.05) is 0 Å². The van der Waals surface area contributed by atoms with Gasteiger partial charge >= 0.3 is 5.97 Å². The highest BCUT2D eigenvalue weighted by Crippen LogP contribution is 2.23. The number of hydrogen-bond acceptors (Lipinski definition) is 2. The van der Waals surface area contributed by atoms with Gasteiger partial charge in [0.2, 0.25) is 0 Å². The molecule has 0 bridgehead atoms. The summed E-state index contributed by atoms with van der Waals surface area (Å²) < 4.78 is 12.3. The molecule has 0 spiro atoms. The fourth-order valence-corrected chi connectivity index (χ4v) is 3.28. The third-order valence-electron chi connectivity index (χ3n) is 2.64. The maximum Gasteiger partial charge on any atom is 0.335 e. The molecule has 1 N–H and O–H groups in total. The normalized spacial score (nSPS) is 12.1. The van der Waals surface area contributed by atoms with Crippen LogP contribution in [0.3, 0.4) is 0 Å². The van der Waals surface area contributed by atoms with Gasteiger partial charge in [0.05, 0.1) is 22.1 Å². The van der Waals surface area contributed by atoms with Crippen molar-refractivity contribution in [3.8, 4) is 0 Å². The molecule has 0 heterocycles. The van der Waals surface area contributed by atoms with Gasteiger partial charge in [-0.1, -0.05) is 29.3 Å². The van der Waals surface area contributed by atoms with Crippen molar-refractivity contribution in [2.45, 2.75) is 10.6 Å². The SMILES string of the molecule is O=C(O)c1cccc(S(=O)Cc2cc(Cl)ccc2Cl)c1. The van der Waals surface area contributed by atoms with Crippen molar-refractivity contribution < 1.29 is 14.1 Å². The molecule has 0 amide bonds. The molecule has 20 heavy (non-hydrogen) atoms. The fraction of sp³-hybridized carbons (Fsp3) is 0.0714. The molecule has 1 atom stereocenters. The van der Waals surface area contributed by atoms with E-state index in [0.29, 0.717) is 20.5 Å². The second kappa shape index (κ2) is 6.39. The molecule has 6 heteroatoms. The van der Waals surface area contributed by atoms with Gasteiger partial charge in [-0.3, -0.25) is 4.21 Å². The zero-order valence-corrected chi connectivity index (χ0v) is 12.5. The zero-order valence-electron chi connectivity index (χ0n) is 10.2. The minimum Gasteiger partial charge on any atom is -0.478 e. The van der Waals surface area contributed by atoms with E-state index in [1.54, 1.807) is 30.3 Å². The number of rotatable bonds is 4. The third kappa shape index (κ3) is 3.60. The first-order chi connectivity index (χ1) is 9.47. The van der Waals surface area contributed by atoms with Gasteiger partial charge in [-0.05, 0) is 42.0 Å². The molecule has 0 aromatic heterocycles. The third-order valence-corrected chi connectivity index (χ3v) is 4.59. The van der Waals surface area contributed by atoms with Crippen molar-refractivity contribution in [3.05, 3.63) is 63.6 Å². The lowest BCUT2D eigenvalue weighted by molar-refractivity contribution is 0.0696. The summed E-state index contributed by atoms with van der Waals surface area (Å²) in [6.45, 7) is 0. The Hall–Kier alpha value is -1.36. The first kappa shape index (κ1) is 15.0. The first-order valence-corrected chi connectivity index (χ1v) is 7.70. The Morgan fingerprint density at radius 2 is 1.90 bits per heavy atom. The molecule has 0 radical (unpaired) electrons. The molecule has 2 aromatic carbocycles. The highest BCUT2D eigenvalue weighted by Gasteiger charge is 2.11. The van der Waals surface area contributed by atoms with Crippen LogP contribution in [0.15, 0.2) is 47.4 Å². The Balaban J connectivity index is 2.26. The highest BCUT2D eigenvalue weighted by atomic mass is 35.5. The Labute approximate surface area is 128 Å². The van der Waals surface area contributed by atoms with Crippen LogP contribution in [0.5, 0.6) is 0 Å². The number of halogens is 2. The van der Waals surface area contributed by atoms with Crippen molar-refractivity contribution in [2.24, 2.45) is 0 Å². The first-order valence-electron chi connectivity index (χ1n) is 5.63. The Morgan fingerprint density at radius 1 is 1.15 bits per heavy atom. The van der Waals surface area contributed by atoms with Gasteiger partial charge in [0.15, 0.2) is 0 Å². The largest absolute Gasteiger partial charge is 0.478 e. The summed E-state index contributed by atoms with van der Waals surface area (Å²) in [6, 6.07) is 11.0. The summed E-state index contributed by atoms with van der Waals surface area (Å²) in [5, 5.41) is 9.92. The van der Waals surface area contributed by atoms with E-state index >= 15 is 0 Å². The van der Waals surface area contributed by atoms with Crippen LogP contribution in [0, 0.1) is 0 Å². The zero-order chi connectivity index (χ0) is 14.7. The molecular weight excluding hydrogens is 319 g/mol.